The largest absolute Gasteiger partial charge is 0.497 e. The number of amides is 2. The molecule has 0 saturated carbocycles. The van der Waals surface area contributed by atoms with Gasteiger partial charge in [0.1, 0.15) is 17.2 Å². The smallest absolute Gasteiger partial charge is 0.355 e. The number of fused-ring (bicyclic) bond motifs is 1. The molecular weight excluding hydrogens is 402 g/mol. The molecule has 0 aliphatic heterocycles. The van der Waals surface area contributed by atoms with Gasteiger partial charge in [0.05, 0.1) is 19.7 Å². The second-order valence-corrected chi connectivity index (χ2v) is 6.88. The maximum atomic E-state index is 12.4. The topological polar surface area (TPSA) is 110 Å². The van der Waals surface area contributed by atoms with E-state index in [0.717, 1.165) is 0 Å². The van der Waals surface area contributed by atoms with Gasteiger partial charge in [0.25, 0.3) is 11.8 Å². The Balaban J connectivity index is 1.61. The summed E-state index contributed by atoms with van der Waals surface area (Å²) in [4.78, 5) is 40.8. The van der Waals surface area contributed by atoms with Gasteiger partial charge in [0.2, 0.25) is 0 Å². The third-order valence-corrected chi connectivity index (χ3v) is 4.50. The van der Waals surface area contributed by atoms with Gasteiger partial charge in [0.15, 0.2) is 6.61 Å². The maximum absolute atomic E-state index is 12.4. The summed E-state index contributed by atoms with van der Waals surface area (Å²) in [5, 5.41) is 3.32. The van der Waals surface area contributed by atoms with Gasteiger partial charge in [-0.15, -0.1) is 0 Å². The molecule has 2 N–H and O–H groups in total. The average Bonchev–Trinajstić information content (AvgIpc) is 3.21. The number of nitrogens with one attached hydrogen (secondary N) is 2. The first kappa shape index (κ1) is 21.7. The predicted octanol–water partition coefficient (Wildman–Crippen LogP) is 2.68. The molecule has 3 aromatic rings. The van der Waals surface area contributed by atoms with Gasteiger partial charge < -0.3 is 29.4 Å². The van der Waals surface area contributed by atoms with Crippen LogP contribution in [0.1, 0.15) is 20.8 Å². The fraction of sp³-hybridized carbons (Fsp3) is 0.227. The zero-order valence-corrected chi connectivity index (χ0v) is 17.6. The molecular formula is C22H23N3O6. The van der Waals surface area contributed by atoms with Gasteiger partial charge in [-0.1, -0.05) is 0 Å². The van der Waals surface area contributed by atoms with E-state index >= 15 is 0 Å². The number of anilines is 1. The van der Waals surface area contributed by atoms with Crippen LogP contribution in [0.2, 0.25) is 0 Å². The van der Waals surface area contributed by atoms with Crippen LogP contribution in [0.4, 0.5) is 5.69 Å². The zero-order chi connectivity index (χ0) is 22.5. The summed E-state index contributed by atoms with van der Waals surface area (Å²) in [7, 11) is 6.37. The van der Waals surface area contributed by atoms with Gasteiger partial charge >= 0.3 is 5.97 Å². The monoisotopic (exact) mass is 425 g/mol. The zero-order valence-electron chi connectivity index (χ0n) is 17.6. The van der Waals surface area contributed by atoms with Crippen molar-refractivity contribution in [1.82, 2.24) is 9.88 Å². The highest BCUT2D eigenvalue weighted by atomic mass is 16.5. The molecule has 9 heteroatoms. The number of H-pyrrole nitrogens is 1. The summed E-state index contributed by atoms with van der Waals surface area (Å²) < 4.78 is 15.6. The number of ether oxygens (including phenoxy) is 3. The average molecular weight is 425 g/mol. The van der Waals surface area contributed by atoms with Crippen LogP contribution >= 0.6 is 0 Å². The molecule has 0 saturated heterocycles. The van der Waals surface area contributed by atoms with E-state index in [-0.39, 0.29) is 11.6 Å². The van der Waals surface area contributed by atoms with Gasteiger partial charge in [0, 0.05) is 36.8 Å². The molecule has 0 spiro atoms. The Morgan fingerprint density at radius 3 is 2.32 bits per heavy atom. The lowest BCUT2D eigenvalue weighted by atomic mass is 10.2. The Morgan fingerprint density at radius 1 is 1.00 bits per heavy atom. The van der Waals surface area contributed by atoms with Crippen molar-refractivity contribution in [2.75, 3.05) is 40.2 Å². The number of hydrogen-bond acceptors (Lipinski definition) is 6. The highest BCUT2D eigenvalue weighted by Gasteiger charge is 2.16. The van der Waals surface area contributed by atoms with Crippen molar-refractivity contribution in [2.45, 2.75) is 0 Å². The minimum atomic E-state index is -0.681. The third kappa shape index (κ3) is 4.95. The molecule has 1 aromatic heterocycles. The number of carbonyl (C=O) groups is 3. The predicted molar refractivity (Wildman–Crippen MR) is 115 cm³/mol. The Morgan fingerprint density at radius 2 is 1.71 bits per heavy atom. The number of benzene rings is 2. The Bertz CT molecular complexity index is 1120. The molecule has 0 bridgehead atoms. The first-order valence-corrected chi connectivity index (χ1v) is 9.35. The van der Waals surface area contributed by atoms with Crippen molar-refractivity contribution in [3.8, 4) is 11.5 Å². The van der Waals surface area contributed by atoms with Crippen LogP contribution in [-0.4, -0.2) is 62.6 Å². The Labute approximate surface area is 178 Å². The van der Waals surface area contributed by atoms with Crippen molar-refractivity contribution in [1.29, 1.82) is 0 Å². The van der Waals surface area contributed by atoms with E-state index < -0.39 is 18.5 Å². The Kier molecular flexibility index (Phi) is 6.44. The number of aromatic nitrogens is 1. The molecule has 0 aliphatic carbocycles. The van der Waals surface area contributed by atoms with Gasteiger partial charge in [-0.3, -0.25) is 9.59 Å². The van der Waals surface area contributed by atoms with Crippen LogP contribution < -0.4 is 14.8 Å². The number of aromatic amines is 1. The standard InChI is InChI=1S/C22H23N3O6/c1-25(2)21(27)13-5-7-15(8-6-13)23-19(26)12-31-22(28)17-10-14-9-16(29-3)11-18(30-4)20(14)24-17/h5-11,24H,12H2,1-4H3,(H,23,26). The molecule has 1 heterocycles. The van der Waals surface area contributed by atoms with E-state index in [1.54, 1.807) is 56.6 Å². The maximum Gasteiger partial charge on any atom is 0.355 e. The SMILES string of the molecule is COc1cc(OC)c2[nH]c(C(=O)OCC(=O)Nc3ccc(C(=O)N(C)C)cc3)cc2c1. The molecule has 0 unspecified atom stereocenters. The van der Waals surface area contributed by atoms with E-state index in [2.05, 4.69) is 10.3 Å². The van der Waals surface area contributed by atoms with E-state index in [1.165, 1.54) is 19.1 Å². The molecule has 9 nitrogen and oxygen atoms in total. The third-order valence-electron chi connectivity index (χ3n) is 4.50. The molecule has 2 amide bonds. The molecule has 0 fully saturated rings. The number of carbonyl (C=O) groups excluding carboxylic acids is 3. The lowest BCUT2D eigenvalue weighted by Crippen LogP contribution is -2.22. The number of esters is 1. The summed E-state index contributed by atoms with van der Waals surface area (Å²) in [6.07, 6.45) is 0. The summed E-state index contributed by atoms with van der Waals surface area (Å²) in [6, 6.07) is 11.5. The Hall–Kier alpha value is -4.01. The second-order valence-electron chi connectivity index (χ2n) is 6.88. The van der Waals surface area contributed by atoms with Crippen LogP contribution in [0, 0.1) is 0 Å². The molecule has 0 aliphatic rings. The fourth-order valence-electron chi connectivity index (χ4n) is 2.93. The number of rotatable bonds is 7. The lowest BCUT2D eigenvalue weighted by Gasteiger charge is -2.11. The molecule has 3 rings (SSSR count). The lowest BCUT2D eigenvalue weighted by molar-refractivity contribution is -0.119. The van der Waals surface area contributed by atoms with Crippen LogP contribution in [0.5, 0.6) is 11.5 Å². The summed E-state index contributed by atoms with van der Waals surface area (Å²) in [5.74, 6) is -0.225. The van der Waals surface area contributed by atoms with E-state index in [0.29, 0.717) is 33.7 Å². The minimum absolute atomic E-state index is 0.139. The van der Waals surface area contributed by atoms with Crippen LogP contribution in [0.25, 0.3) is 10.9 Å². The number of hydrogen-bond donors (Lipinski definition) is 2. The van der Waals surface area contributed by atoms with E-state index in [4.69, 9.17) is 14.2 Å². The normalized spacial score (nSPS) is 10.5. The van der Waals surface area contributed by atoms with Crippen LogP contribution in [0.3, 0.4) is 0 Å². The van der Waals surface area contributed by atoms with Crippen LogP contribution in [-0.2, 0) is 9.53 Å². The first-order valence-electron chi connectivity index (χ1n) is 9.35. The number of nitrogens with zero attached hydrogens (tertiary/aromatic N) is 1. The minimum Gasteiger partial charge on any atom is -0.497 e. The van der Waals surface area contributed by atoms with Crippen molar-refractivity contribution in [3.05, 3.63) is 53.7 Å². The van der Waals surface area contributed by atoms with Gasteiger partial charge in [-0.2, -0.15) is 0 Å². The summed E-state index contributed by atoms with van der Waals surface area (Å²) in [6.45, 7) is -0.465. The first-order chi connectivity index (χ1) is 14.8. The molecule has 2 aromatic carbocycles. The van der Waals surface area contributed by atoms with E-state index in [1.807, 2.05) is 0 Å². The highest BCUT2D eigenvalue weighted by molar-refractivity contribution is 5.99. The van der Waals surface area contributed by atoms with E-state index in [9.17, 15) is 14.4 Å². The molecule has 162 valence electrons. The van der Waals surface area contributed by atoms with Crippen molar-refractivity contribution in [2.24, 2.45) is 0 Å². The highest BCUT2D eigenvalue weighted by Crippen LogP contribution is 2.31. The van der Waals surface area contributed by atoms with Crippen molar-refractivity contribution in [3.63, 3.8) is 0 Å². The van der Waals surface area contributed by atoms with Crippen LogP contribution in [0.15, 0.2) is 42.5 Å². The van der Waals surface area contributed by atoms with Crippen molar-refractivity contribution >= 4 is 34.4 Å². The van der Waals surface area contributed by atoms with Gasteiger partial charge in [-0.05, 0) is 36.4 Å². The molecule has 31 heavy (non-hydrogen) atoms. The van der Waals surface area contributed by atoms with Gasteiger partial charge in [-0.25, -0.2) is 4.79 Å². The van der Waals surface area contributed by atoms with Crippen molar-refractivity contribution < 1.29 is 28.6 Å². The summed E-state index contributed by atoms with van der Waals surface area (Å²) in [5.41, 5.74) is 1.78. The molecule has 0 atom stereocenters. The number of methoxy groups -OCH3 is 2. The fourth-order valence-corrected chi connectivity index (χ4v) is 2.93. The molecule has 0 radical (unpaired) electrons. The summed E-state index contributed by atoms with van der Waals surface area (Å²) >= 11 is 0. The second kappa shape index (κ2) is 9.21. The quantitative estimate of drug-likeness (QED) is 0.563.